The van der Waals surface area contributed by atoms with Gasteiger partial charge in [-0.3, -0.25) is 5.10 Å². The zero-order chi connectivity index (χ0) is 9.68. The first kappa shape index (κ1) is 10.3. The lowest BCUT2D eigenvalue weighted by molar-refractivity contribution is 0.580. The number of aromatic nitrogens is 2. The summed E-state index contributed by atoms with van der Waals surface area (Å²) in [4.78, 5) is 0. The van der Waals surface area contributed by atoms with Crippen molar-refractivity contribution in [3.63, 3.8) is 0 Å². The molecule has 0 saturated heterocycles. The number of aryl methyl sites for hydroxylation is 1. The van der Waals surface area contributed by atoms with Crippen LogP contribution in [0.4, 0.5) is 0 Å². The van der Waals surface area contributed by atoms with Crippen LogP contribution in [0.1, 0.15) is 38.6 Å². The highest BCUT2D eigenvalue weighted by atomic mass is 15.1. The third-order valence-electron chi connectivity index (χ3n) is 1.89. The topological polar surface area (TPSA) is 40.7 Å². The molecule has 0 saturated carbocycles. The maximum absolute atomic E-state index is 4.22. The van der Waals surface area contributed by atoms with Crippen LogP contribution < -0.4 is 5.32 Å². The van der Waals surface area contributed by atoms with E-state index < -0.39 is 0 Å². The standard InChI is InChI=1S/C10H19N3/c1-4-5-9-6-10(13-12-9)7-11-8(2)3/h6,8,11H,4-5,7H2,1-3H3,(H,12,13). The second kappa shape index (κ2) is 5.02. The summed E-state index contributed by atoms with van der Waals surface area (Å²) in [5, 5.41) is 10.6. The minimum absolute atomic E-state index is 0.526. The molecule has 0 amide bonds. The minimum atomic E-state index is 0.526. The minimum Gasteiger partial charge on any atom is -0.309 e. The quantitative estimate of drug-likeness (QED) is 0.728. The fourth-order valence-electron chi connectivity index (χ4n) is 1.20. The van der Waals surface area contributed by atoms with E-state index in [0.717, 1.165) is 19.4 Å². The van der Waals surface area contributed by atoms with Crippen molar-refractivity contribution >= 4 is 0 Å². The molecule has 1 aromatic heterocycles. The molecular weight excluding hydrogens is 162 g/mol. The summed E-state index contributed by atoms with van der Waals surface area (Å²) in [6.45, 7) is 7.34. The van der Waals surface area contributed by atoms with Gasteiger partial charge in [0.1, 0.15) is 0 Å². The van der Waals surface area contributed by atoms with E-state index in [-0.39, 0.29) is 0 Å². The molecule has 0 bridgehead atoms. The van der Waals surface area contributed by atoms with Crippen molar-refractivity contribution in [1.29, 1.82) is 0 Å². The summed E-state index contributed by atoms with van der Waals surface area (Å²) in [5.74, 6) is 0. The Kier molecular flexibility index (Phi) is 3.96. The number of hydrogen-bond acceptors (Lipinski definition) is 2. The fraction of sp³-hybridized carbons (Fsp3) is 0.700. The predicted octanol–water partition coefficient (Wildman–Crippen LogP) is 1.86. The van der Waals surface area contributed by atoms with Gasteiger partial charge in [0, 0.05) is 18.3 Å². The molecule has 1 aromatic rings. The number of nitrogens with one attached hydrogen (secondary N) is 2. The Hall–Kier alpha value is -0.830. The van der Waals surface area contributed by atoms with Crippen molar-refractivity contribution < 1.29 is 0 Å². The number of hydrogen-bond donors (Lipinski definition) is 2. The van der Waals surface area contributed by atoms with Gasteiger partial charge in [-0.2, -0.15) is 5.10 Å². The molecule has 1 heterocycles. The highest BCUT2D eigenvalue weighted by Crippen LogP contribution is 2.02. The van der Waals surface area contributed by atoms with Crippen LogP contribution >= 0.6 is 0 Å². The smallest absolute Gasteiger partial charge is 0.0625 e. The van der Waals surface area contributed by atoms with Gasteiger partial charge in [0.05, 0.1) is 5.69 Å². The van der Waals surface area contributed by atoms with Gasteiger partial charge >= 0.3 is 0 Å². The molecule has 3 nitrogen and oxygen atoms in total. The summed E-state index contributed by atoms with van der Waals surface area (Å²) in [6, 6.07) is 2.66. The number of H-pyrrole nitrogens is 1. The average Bonchev–Trinajstić information content (AvgIpc) is 2.50. The molecule has 0 radical (unpaired) electrons. The first-order valence-corrected chi connectivity index (χ1v) is 4.99. The van der Waals surface area contributed by atoms with Gasteiger partial charge in [-0.25, -0.2) is 0 Å². The Labute approximate surface area is 79.9 Å². The van der Waals surface area contributed by atoms with E-state index in [1.54, 1.807) is 0 Å². The van der Waals surface area contributed by atoms with Crippen LogP contribution in [-0.4, -0.2) is 16.2 Å². The molecule has 0 aliphatic heterocycles. The lowest BCUT2D eigenvalue weighted by Crippen LogP contribution is -2.21. The van der Waals surface area contributed by atoms with Gasteiger partial charge in [0.15, 0.2) is 0 Å². The first-order chi connectivity index (χ1) is 6.22. The summed E-state index contributed by atoms with van der Waals surface area (Å²) >= 11 is 0. The molecule has 0 aromatic carbocycles. The van der Waals surface area contributed by atoms with E-state index in [9.17, 15) is 0 Å². The average molecular weight is 181 g/mol. The fourth-order valence-corrected chi connectivity index (χ4v) is 1.20. The zero-order valence-electron chi connectivity index (χ0n) is 8.72. The van der Waals surface area contributed by atoms with Gasteiger partial charge in [0.25, 0.3) is 0 Å². The van der Waals surface area contributed by atoms with Crippen LogP contribution in [0, 0.1) is 0 Å². The van der Waals surface area contributed by atoms with Gasteiger partial charge < -0.3 is 5.32 Å². The highest BCUT2D eigenvalue weighted by Gasteiger charge is 2.00. The highest BCUT2D eigenvalue weighted by molar-refractivity contribution is 5.08. The van der Waals surface area contributed by atoms with Crippen molar-refractivity contribution in [2.75, 3.05) is 0 Å². The molecule has 0 aliphatic rings. The van der Waals surface area contributed by atoms with Gasteiger partial charge in [0.2, 0.25) is 0 Å². The van der Waals surface area contributed by atoms with Gasteiger partial charge in [-0.15, -0.1) is 0 Å². The summed E-state index contributed by atoms with van der Waals surface area (Å²) in [5.41, 5.74) is 2.35. The van der Waals surface area contributed by atoms with Crippen LogP contribution in [0.25, 0.3) is 0 Å². The van der Waals surface area contributed by atoms with E-state index >= 15 is 0 Å². The molecule has 3 heteroatoms. The Bertz CT molecular complexity index is 240. The third-order valence-corrected chi connectivity index (χ3v) is 1.89. The Morgan fingerprint density at radius 3 is 2.92 bits per heavy atom. The van der Waals surface area contributed by atoms with Crippen molar-refractivity contribution in [2.24, 2.45) is 0 Å². The predicted molar refractivity (Wildman–Crippen MR) is 54.6 cm³/mol. The second-order valence-electron chi connectivity index (χ2n) is 3.67. The molecule has 0 unspecified atom stereocenters. The van der Waals surface area contributed by atoms with E-state index in [2.05, 4.69) is 42.4 Å². The molecule has 0 fully saturated rings. The number of nitrogens with zero attached hydrogens (tertiary/aromatic N) is 1. The lowest BCUT2D eigenvalue weighted by Gasteiger charge is -2.04. The van der Waals surface area contributed by atoms with E-state index in [1.807, 2.05) is 0 Å². The van der Waals surface area contributed by atoms with Gasteiger partial charge in [-0.1, -0.05) is 27.2 Å². The molecule has 0 aliphatic carbocycles. The van der Waals surface area contributed by atoms with Crippen LogP contribution in [0.5, 0.6) is 0 Å². The zero-order valence-corrected chi connectivity index (χ0v) is 8.72. The van der Waals surface area contributed by atoms with Crippen molar-refractivity contribution in [3.05, 3.63) is 17.5 Å². The molecule has 0 spiro atoms. The SMILES string of the molecule is CCCc1cc(CNC(C)C)[nH]n1. The normalized spacial score (nSPS) is 11.1. The Balaban J connectivity index is 2.39. The summed E-state index contributed by atoms with van der Waals surface area (Å²) in [7, 11) is 0. The van der Waals surface area contributed by atoms with Crippen molar-refractivity contribution in [3.8, 4) is 0 Å². The third kappa shape index (κ3) is 3.59. The lowest BCUT2D eigenvalue weighted by atomic mass is 10.2. The molecule has 2 N–H and O–H groups in total. The van der Waals surface area contributed by atoms with Crippen LogP contribution in [0.2, 0.25) is 0 Å². The number of aromatic amines is 1. The first-order valence-electron chi connectivity index (χ1n) is 4.99. The van der Waals surface area contributed by atoms with E-state index in [4.69, 9.17) is 0 Å². The van der Waals surface area contributed by atoms with E-state index in [1.165, 1.54) is 11.4 Å². The Morgan fingerprint density at radius 1 is 1.54 bits per heavy atom. The van der Waals surface area contributed by atoms with Crippen LogP contribution in [-0.2, 0) is 13.0 Å². The molecule has 74 valence electrons. The second-order valence-corrected chi connectivity index (χ2v) is 3.67. The number of rotatable bonds is 5. The summed E-state index contributed by atoms with van der Waals surface area (Å²) in [6.07, 6.45) is 2.22. The monoisotopic (exact) mass is 181 g/mol. The van der Waals surface area contributed by atoms with Gasteiger partial charge in [-0.05, 0) is 12.5 Å². The summed E-state index contributed by atoms with van der Waals surface area (Å²) < 4.78 is 0. The maximum Gasteiger partial charge on any atom is 0.0625 e. The molecular formula is C10H19N3. The van der Waals surface area contributed by atoms with Crippen LogP contribution in [0.3, 0.4) is 0 Å². The largest absolute Gasteiger partial charge is 0.309 e. The van der Waals surface area contributed by atoms with Crippen LogP contribution in [0.15, 0.2) is 6.07 Å². The van der Waals surface area contributed by atoms with Crippen molar-refractivity contribution in [2.45, 2.75) is 46.2 Å². The Morgan fingerprint density at radius 2 is 2.31 bits per heavy atom. The molecule has 13 heavy (non-hydrogen) atoms. The maximum atomic E-state index is 4.22. The molecule has 0 atom stereocenters. The van der Waals surface area contributed by atoms with E-state index in [0.29, 0.717) is 6.04 Å². The molecule has 1 rings (SSSR count). The van der Waals surface area contributed by atoms with Crippen molar-refractivity contribution in [1.82, 2.24) is 15.5 Å².